The molecule has 1 atom stereocenters. The molecule has 0 bridgehead atoms. The van der Waals surface area contributed by atoms with Crippen molar-refractivity contribution >= 4 is 0 Å². The molecule has 1 aliphatic rings. The van der Waals surface area contributed by atoms with Crippen molar-refractivity contribution in [1.29, 1.82) is 5.26 Å². The van der Waals surface area contributed by atoms with Crippen LogP contribution in [-0.4, -0.2) is 36.5 Å². The number of ether oxygens (including phenoxy) is 1. The van der Waals surface area contributed by atoms with E-state index in [4.69, 9.17) is 10.00 Å². The molecule has 1 unspecified atom stereocenters. The minimum atomic E-state index is -0.638. The van der Waals surface area contributed by atoms with Crippen LogP contribution in [0.3, 0.4) is 0 Å². The summed E-state index contributed by atoms with van der Waals surface area (Å²) in [5.74, 6) is 0. The van der Waals surface area contributed by atoms with Gasteiger partial charge in [-0.05, 0) is 6.42 Å². The highest BCUT2D eigenvalue weighted by atomic mass is 16.5. The molecule has 1 heterocycles. The molecule has 86 valence electrons. The van der Waals surface area contributed by atoms with Crippen LogP contribution in [0.5, 0.6) is 0 Å². The molecule has 4 nitrogen and oxygen atoms in total. The first-order chi connectivity index (χ1) is 7.20. The lowest BCUT2D eigenvalue weighted by Crippen LogP contribution is -2.47. The Labute approximate surface area is 91.2 Å². The lowest BCUT2D eigenvalue weighted by atomic mass is 9.94. The molecule has 15 heavy (non-hydrogen) atoms. The maximum atomic E-state index is 10.2. The second-order valence-electron chi connectivity index (χ2n) is 4.19. The number of hydrogen-bond donors (Lipinski definition) is 2. The van der Waals surface area contributed by atoms with Crippen LogP contribution in [0.15, 0.2) is 0 Å². The molecule has 4 heteroatoms. The van der Waals surface area contributed by atoms with E-state index in [-0.39, 0.29) is 6.04 Å². The summed E-state index contributed by atoms with van der Waals surface area (Å²) in [5.41, 5.74) is -0.638. The van der Waals surface area contributed by atoms with E-state index in [9.17, 15) is 5.11 Å². The van der Waals surface area contributed by atoms with Gasteiger partial charge < -0.3 is 15.2 Å². The second kappa shape index (κ2) is 6.06. The smallest absolute Gasteiger partial charge is 0.0815 e. The molecule has 1 fully saturated rings. The van der Waals surface area contributed by atoms with Gasteiger partial charge in [-0.15, -0.1) is 0 Å². The molecule has 0 aromatic rings. The predicted molar refractivity (Wildman–Crippen MR) is 57.3 cm³/mol. The Morgan fingerprint density at radius 3 is 2.73 bits per heavy atom. The van der Waals surface area contributed by atoms with Gasteiger partial charge in [0.05, 0.1) is 18.1 Å². The minimum absolute atomic E-state index is 0.196. The first-order valence-corrected chi connectivity index (χ1v) is 5.60. The van der Waals surface area contributed by atoms with Crippen LogP contribution in [0.25, 0.3) is 0 Å². The van der Waals surface area contributed by atoms with E-state index in [2.05, 4.69) is 11.4 Å². The highest BCUT2D eigenvalue weighted by molar-refractivity contribution is 4.87. The average Bonchev–Trinajstić information content (AvgIpc) is 2.25. The van der Waals surface area contributed by atoms with Gasteiger partial charge in [-0.25, -0.2) is 0 Å². The van der Waals surface area contributed by atoms with Crippen LogP contribution >= 0.6 is 0 Å². The Morgan fingerprint density at radius 1 is 1.53 bits per heavy atom. The first-order valence-electron chi connectivity index (χ1n) is 5.60. The number of rotatable bonds is 5. The topological polar surface area (TPSA) is 65.3 Å². The van der Waals surface area contributed by atoms with Gasteiger partial charge in [0.2, 0.25) is 0 Å². The van der Waals surface area contributed by atoms with Gasteiger partial charge in [0.1, 0.15) is 0 Å². The molecule has 0 aromatic heterocycles. The van der Waals surface area contributed by atoms with Crippen molar-refractivity contribution in [3.05, 3.63) is 0 Å². The molecule has 0 saturated carbocycles. The van der Waals surface area contributed by atoms with Crippen molar-refractivity contribution in [3.8, 4) is 6.07 Å². The minimum Gasteiger partial charge on any atom is -0.388 e. The summed E-state index contributed by atoms with van der Waals surface area (Å²) in [7, 11) is 0. The van der Waals surface area contributed by atoms with E-state index in [1.165, 1.54) is 0 Å². The van der Waals surface area contributed by atoms with Gasteiger partial charge in [0, 0.05) is 38.6 Å². The van der Waals surface area contributed by atoms with Crippen molar-refractivity contribution in [2.75, 3.05) is 19.8 Å². The normalized spacial score (nSPS) is 21.9. The van der Waals surface area contributed by atoms with Crippen LogP contribution in [0.4, 0.5) is 0 Å². The molecule has 0 spiro atoms. The Hall–Kier alpha value is -0.630. The monoisotopic (exact) mass is 212 g/mol. The van der Waals surface area contributed by atoms with Crippen molar-refractivity contribution < 1.29 is 9.84 Å². The van der Waals surface area contributed by atoms with Crippen LogP contribution in [0.1, 0.15) is 32.6 Å². The highest BCUT2D eigenvalue weighted by Gasteiger charge is 2.29. The van der Waals surface area contributed by atoms with Crippen molar-refractivity contribution in [2.24, 2.45) is 0 Å². The number of nitrogens with zero attached hydrogens (tertiary/aromatic N) is 1. The Bertz CT molecular complexity index is 219. The maximum Gasteiger partial charge on any atom is 0.0815 e. The number of nitrogens with one attached hydrogen (secondary N) is 1. The van der Waals surface area contributed by atoms with Crippen molar-refractivity contribution in [3.63, 3.8) is 0 Å². The molecule has 1 aliphatic heterocycles. The zero-order chi connectivity index (χ0) is 11.1. The second-order valence-corrected chi connectivity index (χ2v) is 4.19. The molecule has 0 radical (unpaired) electrons. The fourth-order valence-corrected chi connectivity index (χ4v) is 1.73. The SMILES string of the molecule is CCC(CC#N)NCC1(O)CCOCC1. The number of nitriles is 1. The summed E-state index contributed by atoms with van der Waals surface area (Å²) in [6.07, 6.45) is 2.79. The molecular formula is C11H20N2O2. The Kier molecular flexibility index (Phi) is 5.03. The van der Waals surface area contributed by atoms with Gasteiger partial charge >= 0.3 is 0 Å². The van der Waals surface area contributed by atoms with E-state index in [0.717, 1.165) is 6.42 Å². The summed E-state index contributed by atoms with van der Waals surface area (Å²) in [6.45, 7) is 3.88. The standard InChI is InChI=1S/C11H20N2O2/c1-2-10(3-6-12)13-9-11(14)4-7-15-8-5-11/h10,13-14H,2-5,7-9H2,1H3. The molecule has 0 amide bonds. The summed E-state index contributed by atoms with van der Waals surface area (Å²) >= 11 is 0. The van der Waals surface area contributed by atoms with E-state index in [0.29, 0.717) is 39.0 Å². The number of hydrogen-bond acceptors (Lipinski definition) is 4. The van der Waals surface area contributed by atoms with E-state index >= 15 is 0 Å². The molecule has 0 aromatic carbocycles. The largest absolute Gasteiger partial charge is 0.388 e. The average molecular weight is 212 g/mol. The molecule has 1 rings (SSSR count). The van der Waals surface area contributed by atoms with Gasteiger partial charge in [-0.1, -0.05) is 6.92 Å². The van der Waals surface area contributed by atoms with Gasteiger partial charge in [-0.3, -0.25) is 0 Å². The summed E-state index contributed by atoms with van der Waals surface area (Å²) in [4.78, 5) is 0. The van der Waals surface area contributed by atoms with Crippen LogP contribution in [0, 0.1) is 11.3 Å². The third-order valence-electron chi connectivity index (χ3n) is 2.97. The fraction of sp³-hybridized carbons (Fsp3) is 0.909. The summed E-state index contributed by atoms with van der Waals surface area (Å²) < 4.78 is 5.21. The maximum absolute atomic E-state index is 10.2. The van der Waals surface area contributed by atoms with Gasteiger partial charge in [0.25, 0.3) is 0 Å². The van der Waals surface area contributed by atoms with Crippen LogP contribution in [-0.2, 0) is 4.74 Å². The van der Waals surface area contributed by atoms with Crippen LogP contribution in [0.2, 0.25) is 0 Å². The van der Waals surface area contributed by atoms with E-state index in [1.807, 2.05) is 6.92 Å². The third-order valence-corrected chi connectivity index (χ3v) is 2.97. The predicted octanol–water partition coefficient (Wildman–Crippen LogP) is 0.810. The van der Waals surface area contributed by atoms with Gasteiger partial charge in [-0.2, -0.15) is 5.26 Å². The first kappa shape index (κ1) is 12.4. The lowest BCUT2D eigenvalue weighted by molar-refractivity contribution is -0.0627. The summed E-state index contributed by atoms with van der Waals surface area (Å²) in [5, 5.41) is 22.0. The van der Waals surface area contributed by atoms with Gasteiger partial charge in [0.15, 0.2) is 0 Å². The molecular weight excluding hydrogens is 192 g/mol. The quantitative estimate of drug-likeness (QED) is 0.708. The molecule has 0 aliphatic carbocycles. The highest BCUT2D eigenvalue weighted by Crippen LogP contribution is 2.19. The Morgan fingerprint density at radius 2 is 2.20 bits per heavy atom. The third kappa shape index (κ3) is 4.17. The zero-order valence-electron chi connectivity index (χ0n) is 9.33. The van der Waals surface area contributed by atoms with Crippen molar-refractivity contribution in [1.82, 2.24) is 5.32 Å². The zero-order valence-corrected chi connectivity index (χ0v) is 9.33. The Balaban J connectivity index is 2.30. The summed E-state index contributed by atoms with van der Waals surface area (Å²) in [6, 6.07) is 2.35. The van der Waals surface area contributed by atoms with Crippen molar-refractivity contribution in [2.45, 2.75) is 44.2 Å². The van der Waals surface area contributed by atoms with E-state index in [1.54, 1.807) is 0 Å². The number of aliphatic hydroxyl groups is 1. The van der Waals surface area contributed by atoms with Crippen LogP contribution < -0.4 is 5.32 Å². The molecule has 1 saturated heterocycles. The molecule has 2 N–H and O–H groups in total. The lowest BCUT2D eigenvalue weighted by Gasteiger charge is -2.33. The van der Waals surface area contributed by atoms with E-state index < -0.39 is 5.60 Å². The fourth-order valence-electron chi connectivity index (χ4n) is 1.73.